The molecule has 1 aliphatic heterocycles. The van der Waals surface area contributed by atoms with Gasteiger partial charge in [-0.15, -0.1) is 0 Å². The van der Waals surface area contributed by atoms with Gasteiger partial charge in [-0.3, -0.25) is 14.4 Å². The number of rotatable bonds is 3. The molecule has 0 atom stereocenters. The Hall–Kier alpha value is -1.36. The van der Waals surface area contributed by atoms with Gasteiger partial charge in [0.05, 0.1) is 5.69 Å². The van der Waals surface area contributed by atoms with Crippen molar-refractivity contribution in [2.24, 2.45) is 5.73 Å². The van der Waals surface area contributed by atoms with E-state index in [1.165, 1.54) is 5.56 Å². The van der Waals surface area contributed by atoms with Gasteiger partial charge in [-0.1, -0.05) is 6.92 Å². The first-order valence-electron chi connectivity index (χ1n) is 4.75. The lowest BCUT2D eigenvalue weighted by molar-refractivity contribution is -0.118. The molecule has 2 N–H and O–H groups in total. The molecule has 76 valence electrons. The fourth-order valence-corrected chi connectivity index (χ4v) is 1.74. The lowest BCUT2D eigenvalue weighted by Gasteiger charge is -2.10. The van der Waals surface area contributed by atoms with Crippen molar-refractivity contribution in [2.45, 2.75) is 26.6 Å². The highest BCUT2D eigenvalue weighted by Gasteiger charge is 2.21. The third kappa shape index (κ3) is 1.63. The number of fused-ring (bicyclic) bond motifs is 1. The third-order valence-corrected chi connectivity index (χ3v) is 2.46. The highest BCUT2D eigenvalue weighted by Crippen LogP contribution is 2.20. The fourth-order valence-electron chi connectivity index (χ4n) is 1.74. The highest BCUT2D eigenvalue weighted by molar-refractivity contribution is 5.73. The molecule has 0 aromatic carbocycles. The van der Waals surface area contributed by atoms with Gasteiger partial charge in [0.15, 0.2) is 0 Å². The molecular formula is C9H14N4O. The second kappa shape index (κ2) is 3.42. The van der Waals surface area contributed by atoms with Crippen LogP contribution < -0.4 is 5.73 Å². The second-order valence-corrected chi connectivity index (χ2v) is 3.57. The fraction of sp³-hybridized carbons (Fsp3) is 0.556. The average molecular weight is 194 g/mol. The van der Waals surface area contributed by atoms with Gasteiger partial charge in [-0.2, -0.15) is 5.10 Å². The Morgan fingerprint density at radius 3 is 3.00 bits per heavy atom. The smallest absolute Gasteiger partial charge is 0.239 e. The van der Waals surface area contributed by atoms with Crippen LogP contribution in [0.25, 0.3) is 0 Å². The third-order valence-electron chi connectivity index (χ3n) is 2.46. The van der Waals surface area contributed by atoms with Crippen LogP contribution in [0.4, 0.5) is 0 Å². The summed E-state index contributed by atoms with van der Waals surface area (Å²) in [4.78, 5) is 13.0. The summed E-state index contributed by atoms with van der Waals surface area (Å²) in [5.41, 5.74) is 7.38. The molecule has 1 amide bonds. The first-order valence-corrected chi connectivity index (χ1v) is 4.75. The lowest BCUT2D eigenvalue weighted by Crippen LogP contribution is -2.20. The molecule has 0 aliphatic carbocycles. The maximum Gasteiger partial charge on any atom is 0.239 e. The van der Waals surface area contributed by atoms with Gasteiger partial charge in [0.2, 0.25) is 5.91 Å². The minimum Gasteiger partial charge on any atom is -0.368 e. The Balaban J connectivity index is 2.10. The van der Waals surface area contributed by atoms with Crippen LogP contribution in [0.15, 0.2) is 6.20 Å². The number of hydrogen-bond acceptors (Lipinski definition) is 3. The van der Waals surface area contributed by atoms with Crippen molar-refractivity contribution in [3.63, 3.8) is 0 Å². The predicted octanol–water partition coefficient (Wildman–Crippen LogP) is -0.296. The van der Waals surface area contributed by atoms with Gasteiger partial charge in [0.25, 0.3) is 0 Å². The van der Waals surface area contributed by atoms with Crippen molar-refractivity contribution in [3.05, 3.63) is 17.5 Å². The number of carbonyl (C=O) groups is 1. The first kappa shape index (κ1) is 9.21. The number of aromatic nitrogens is 2. The van der Waals surface area contributed by atoms with Gasteiger partial charge >= 0.3 is 0 Å². The van der Waals surface area contributed by atoms with Gasteiger partial charge in [-0.05, 0) is 6.54 Å². The largest absolute Gasteiger partial charge is 0.368 e. The van der Waals surface area contributed by atoms with Crippen LogP contribution in [0.3, 0.4) is 0 Å². The highest BCUT2D eigenvalue weighted by atomic mass is 16.1. The molecule has 5 heteroatoms. The molecule has 0 unspecified atom stereocenters. The minimum atomic E-state index is -0.349. The van der Waals surface area contributed by atoms with Crippen molar-refractivity contribution < 1.29 is 4.79 Å². The van der Waals surface area contributed by atoms with Crippen LogP contribution in [0.2, 0.25) is 0 Å². The number of nitrogens with two attached hydrogens (primary N) is 1. The van der Waals surface area contributed by atoms with Crippen molar-refractivity contribution in [1.82, 2.24) is 14.7 Å². The van der Waals surface area contributed by atoms with Crippen LogP contribution in [0.5, 0.6) is 0 Å². The number of carbonyl (C=O) groups excluding carboxylic acids is 1. The molecule has 1 aromatic rings. The summed E-state index contributed by atoms with van der Waals surface area (Å²) in [7, 11) is 0. The van der Waals surface area contributed by atoms with E-state index in [-0.39, 0.29) is 12.5 Å². The normalized spacial score (nSPS) is 15.8. The van der Waals surface area contributed by atoms with Gasteiger partial charge in [0.1, 0.15) is 6.54 Å². The molecule has 0 saturated carbocycles. The zero-order valence-corrected chi connectivity index (χ0v) is 8.23. The van der Waals surface area contributed by atoms with Crippen LogP contribution in [0.1, 0.15) is 18.2 Å². The molecule has 0 saturated heterocycles. The molecule has 0 radical (unpaired) electrons. The Labute approximate surface area is 82.5 Å². The quantitative estimate of drug-likeness (QED) is 0.718. The number of nitrogens with zero attached hydrogens (tertiary/aromatic N) is 3. The molecule has 5 nitrogen and oxygen atoms in total. The maximum absolute atomic E-state index is 10.7. The van der Waals surface area contributed by atoms with Crippen molar-refractivity contribution in [3.8, 4) is 0 Å². The zero-order valence-electron chi connectivity index (χ0n) is 8.23. The number of primary amides is 1. The summed E-state index contributed by atoms with van der Waals surface area (Å²) in [6, 6.07) is 0. The second-order valence-electron chi connectivity index (χ2n) is 3.57. The van der Waals surface area contributed by atoms with E-state index >= 15 is 0 Å². The standard InChI is InChI=1S/C9H14N4O/c1-2-12-3-7-4-13(6-9(10)14)11-8(7)5-12/h4H,2-3,5-6H2,1H3,(H2,10,14). The monoisotopic (exact) mass is 194 g/mol. The minimum absolute atomic E-state index is 0.180. The van der Waals surface area contributed by atoms with E-state index in [0.29, 0.717) is 0 Å². The first-order chi connectivity index (χ1) is 6.69. The van der Waals surface area contributed by atoms with Gasteiger partial charge in [-0.25, -0.2) is 0 Å². The van der Waals surface area contributed by atoms with Crippen LogP contribution in [-0.4, -0.2) is 27.1 Å². The summed E-state index contributed by atoms with van der Waals surface area (Å²) in [6.45, 7) is 5.16. The molecule has 0 fully saturated rings. The van der Waals surface area contributed by atoms with E-state index in [1.54, 1.807) is 4.68 Å². The van der Waals surface area contributed by atoms with Crippen LogP contribution in [-0.2, 0) is 24.4 Å². The lowest BCUT2D eigenvalue weighted by atomic mass is 10.3. The van der Waals surface area contributed by atoms with Crippen LogP contribution in [0, 0.1) is 0 Å². The Kier molecular flexibility index (Phi) is 2.25. The average Bonchev–Trinajstić information content (AvgIpc) is 2.59. The molecule has 0 bridgehead atoms. The molecule has 1 aliphatic rings. The van der Waals surface area contributed by atoms with E-state index in [9.17, 15) is 4.79 Å². The molecule has 2 rings (SSSR count). The van der Waals surface area contributed by atoms with Crippen molar-refractivity contribution in [1.29, 1.82) is 0 Å². The van der Waals surface area contributed by atoms with Gasteiger partial charge < -0.3 is 5.73 Å². The Morgan fingerprint density at radius 1 is 1.64 bits per heavy atom. The van der Waals surface area contributed by atoms with Crippen molar-refractivity contribution in [2.75, 3.05) is 6.54 Å². The van der Waals surface area contributed by atoms with Gasteiger partial charge in [0, 0.05) is 24.8 Å². The predicted molar refractivity (Wildman–Crippen MR) is 51.2 cm³/mol. The summed E-state index contributed by atoms with van der Waals surface area (Å²) < 4.78 is 1.62. The summed E-state index contributed by atoms with van der Waals surface area (Å²) in [6.07, 6.45) is 1.91. The molecule has 0 spiro atoms. The molecule has 1 aromatic heterocycles. The SMILES string of the molecule is CCN1Cc2cn(CC(N)=O)nc2C1. The van der Waals surface area contributed by atoms with Crippen LogP contribution >= 0.6 is 0 Å². The van der Waals surface area contributed by atoms with Crippen molar-refractivity contribution >= 4 is 5.91 Å². The van der Waals surface area contributed by atoms with E-state index in [2.05, 4.69) is 16.9 Å². The van der Waals surface area contributed by atoms with E-state index in [0.717, 1.165) is 25.3 Å². The number of amides is 1. The summed E-state index contributed by atoms with van der Waals surface area (Å²) in [5, 5.41) is 4.30. The Bertz CT molecular complexity index is 334. The maximum atomic E-state index is 10.7. The summed E-state index contributed by atoms with van der Waals surface area (Å²) >= 11 is 0. The summed E-state index contributed by atoms with van der Waals surface area (Å²) in [5.74, 6) is -0.349. The topological polar surface area (TPSA) is 64.2 Å². The van der Waals surface area contributed by atoms with E-state index in [1.807, 2.05) is 6.20 Å². The van der Waals surface area contributed by atoms with E-state index in [4.69, 9.17) is 5.73 Å². The molecule has 14 heavy (non-hydrogen) atoms. The zero-order chi connectivity index (χ0) is 10.1. The van der Waals surface area contributed by atoms with E-state index < -0.39 is 0 Å². The number of hydrogen-bond donors (Lipinski definition) is 1. The molecular weight excluding hydrogens is 180 g/mol. The molecule has 2 heterocycles. The Morgan fingerprint density at radius 2 is 2.43 bits per heavy atom.